The zero-order chi connectivity index (χ0) is 16.1. The Hall–Kier alpha value is -1.59. The summed E-state index contributed by atoms with van der Waals surface area (Å²) in [5, 5.41) is 13.4. The Balaban J connectivity index is 1.93. The van der Waals surface area contributed by atoms with Crippen molar-refractivity contribution in [1.82, 2.24) is 10.2 Å². The number of likely N-dealkylation sites (tertiary alicyclic amines) is 1. The van der Waals surface area contributed by atoms with Crippen LogP contribution in [0.25, 0.3) is 0 Å². The van der Waals surface area contributed by atoms with Crippen LogP contribution in [0.4, 0.5) is 0 Å². The number of hydrogen-bond donors (Lipinski definition) is 2. The van der Waals surface area contributed by atoms with E-state index in [1.54, 1.807) is 17.0 Å². The van der Waals surface area contributed by atoms with Crippen LogP contribution in [0.2, 0.25) is 5.02 Å². The molecule has 1 aromatic carbocycles. The van der Waals surface area contributed by atoms with Crippen molar-refractivity contribution in [2.75, 3.05) is 13.1 Å². The zero-order valence-corrected chi connectivity index (χ0v) is 13.3. The molecule has 22 heavy (non-hydrogen) atoms. The Morgan fingerprint density at radius 2 is 1.91 bits per heavy atom. The van der Waals surface area contributed by atoms with E-state index >= 15 is 0 Å². The highest BCUT2D eigenvalue weighted by Crippen LogP contribution is 2.15. The standard InChI is InChI=1S/C16H21ClN2O3/c1-11(20)18-14-6-8-19(9-7-15(14)21)16(22)10-12-2-4-13(17)5-3-12/h2-5,14-15,21H,6-10H2,1H3,(H,18,20)/t14-,15-/m0/s1. The van der Waals surface area contributed by atoms with Gasteiger partial charge in [0.1, 0.15) is 0 Å². The molecule has 1 saturated heterocycles. The second kappa shape index (κ2) is 7.61. The third-order valence-corrected chi connectivity index (χ3v) is 4.13. The lowest BCUT2D eigenvalue weighted by Gasteiger charge is -2.21. The van der Waals surface area contributed by atoms with Gasteiger partial charge in [-0.3, -0.25) is 9.59 Å². The monoisotopic (exact) mass is 324 g/mol. The van der Waals surface area contributed by atoms with Crippen LogP contribution >= 0.6 is 11.6 Å². The summed E-state index contributed by atoms with van der Waals surface area (Å²) in [5.41, 5.74) is 0.914. The van der Waals surface area contributed by atoms with Gasteiger partial charge in [-0.15, -0.1) is 0 Å². The van der Waals surface area contributed by atoms with Crippen LogP contribution in [0.5, 0.6) is 0 Å². The minimum absolute atomic E-state index is 0.0259. The Morgan fingerprint density at radius 1 is 1.27 bits per heavy atom. The first-order valence-electron chi connectivity index (χ1n) is 7.43. The van der Waals surface area contributed by atoms with Crippen molar-refractivity contribution in [2.24, 2.45) is 0 Å². The number of nitrogens with zero attached hydrogens (tertiary/aromatic N) is 1. The molecular formula is C16H21ClN2O3. The maximum Gasteiger partial charge on any atom is 0.226 e. The fraction of sp³-hybridized carbons (Fsp3) is 0.500. The van der Waals surface area contributed by atoms with E-state index in [0.29, 0.717) is 37.4 Å². The molecule has 2 rings (SSSR count). The fourth-order valence-electron chi connectivity index (χ4n) is 2.66. The number of amides is 2. The highest BCUT2D eigenvalue weighted by Gasteiger charge is 2.27. The van der Waals surface area contributed by atoms with Crippen LogP contribution in [0.3, 0.4) is 0 Å². The summed E-state index contributed by atoms with van der Waals surface area (Å²) in [4.78, 5) is 25.3. The third-order valence-electron chi connectivity index (χ3n) is 3.88. The Morgan fingerprint density at radius 3 is 2.55 bits per heavy atom. The van der Waals surface area contributed by atoms with Gasteiger partial charge in [0.2, 0.25) is 11.8 Å². The first kappa shape index (κ1) is 16.8. The average molecular weight is 325 g/mol. The SMILES string of the molecule is CC(=O)N[C@H]1CCN(C(=O)Cc2ccc(Cl)cc2)CC[C@@H]1O. The predicted octanol–water partition coefficient (Wildman–Crippen LogP) is 1.37. The molecule has 0 radical (unpaired) electrons. The van der Waals surface area contributed by atoms with Crippen LogP contribution in [0.1, 0.15) is 25.3 Å². The van der Waals surface area contributed by atoms with Crippen LogP contribution in [-0.2, 0) is 16.0 Å². The average Bonchev–Trinajstić information content (AvgIpc) is 2.64. The van der Waals surface area contributed by atoms with E-state index in [0.717, 1.165) is 5.56 Å². The molecule has 6 heteroatoms. The molecule has 1 aromatic rings. The third kappa shape index (κ3) is 4.71. The van der Waals surface area contributed by atoms with E-state index in [-0.39, 0.29) is 17.9 Å². The van der Waals surface area contributed by atoms with Crippen LogP contribution < -0.4 is 5.32 Å². The molecule has 0 aromatic heterocycles. The van der Waals surface area contributed by atoms with E-state index in [2.05, 4.69) is 5.32 Å². The Labute approximate surface area is 135 Å². The van der Waals surface area contributed by atoms with Gasteiger partial charge >= 0.3 is 0 Å². The Bertz CT molecular complexity index is 533. The highest BCUT2D eigenvalue weighted by atomic mass is 35.5. The van der Waals surface area contributed by atoms with E-state index in [9.17, 15) is 14.7 Å². The van der Waals surface area contributed by atoms with E-state index in [4.69, 9.17) is 11.6 Å². The van der Waals surface area contributed by atoms with Gasteiger partial charge < -0.3 is 15.3 Å². The van der Waals surface area contributed by atoms with Crippen LogP contribution in [0.15, 0.2) is 24.3 Å². The Kier molecular flexibility index (Phi) is 5.80. The van der Waals surface area contributed by atoms with Gasteiger partial charge in [-0.2, -0.15) is 0 Å². The van der Waals surface area contributed by atoms with Gasteiger partial charge in [0.15, 0.2) is 0 Å². The lowest BCUT2D eigenvalue weighted by Crippen LogP contribution is -2.42. The molecule has 2 amide bonds. The number of carbonyl (C=O) groups is 2. The van der Waals surface area contributed by atoms with Crippen molar-refractivity contribution >= 4 is 23.4 Å². The molecular weight excluding hydrogens is 304 g/mol. The summed E-state index contributed by atoms with van der Waals surface area (Å²) < 4.78 is 0. The molecule has 1 heterocycles. The van der Waals surface area contributed by atoms with Crippen molar-refractivity contribution in [3.63, 3.8) is 0 Å². The molecule has 0 unspecified atom stereocenters. The highest BCUT2D eigenvalue weighted by molar-refractivity contribution is 6.30. The zero-order valence-electron chi connectivity index (χ0n) is 12.6. The quantitative estimate of drug-likeness (QED) is 0.882. The molecule has 1 aliphatic heterocycles. The maximum absolute atomic E-state index is 12.4. The molecule has 2 N–H and O–H groups in total. The molecule has 120 valence electrons. The summed E-state index contributed by atoms with van der Waals surface area (Å²) in [6.07, 6.45) is 0.736. The number of nitrogens with one attached hydrogen (secondary N) is 1. The van der Waals surface area contributed by atoms with E-state index < -0.39 is 6.10 Å². The lowest BCUT2D eigenvalue weighted by molar-refractivity contribution is -0.130. The second-order valence-corrected chi connectivity index (χ2v) is 6.07. The van der Waals surface area contributed by atoms with Gasteiger partial charge in [0, 0.05) is 25.0 Å². The first-order chi connectivity index (χ1) is 10.5. The molecule has 0 spiro atoms. The molecule has 0 bridgehead atoms. The second-order valence-electron chi connectivity index (χ2n) is 5.64. The van der Waals surface area contributed by atoms with Gasteiger partial charge in [-0.25, -0.2) is 0 Å². The summed E-state index contributed by atoms with van der Waals surface area (Å²) >= 11 is 5.83. The van der Waals surface area contributed by atoms with Gasteiger partial charge in [-0.05, 0) is 30.5 Å². The molecule has 0 aliphatic carbocycles. The van der Waals surface area contributed by atoms with Gasteiger partial charge in [0.05, 0.1) is 18.6 Å². The largest absolute Gasteiger partial charge is 0.391 e. The number of carbonyl (C=O) groups excluding carboxylic acids is 2. The molecule has 0 saturated carbocycles. The first-order valence-corrected chi connectivity index (χ1v) is 7.81. The molecule has 5 nitrogen and oxygen atoms in total. The number of benzene rings is 1. The van der Waals surface area contributed by atoms with Gasteiger partial charge in [-0.1, -0.05) is 23.7 Å². The van der Waals surface area contributed by atoms with E-state index in [1.807, 2.05) is 12.1 Å². The number of aliphatic hydroxyl groups excluding tert-OH is 1. The van der Waals surface area contributed by atoms with Crippen molar-refractivity contribution in [3.8, 4) is 0 Å². The topological polar surface area (TPSA) is 69.6 Å². The van der Waals surface area contributed by atoms with Crippen molar-refractivity contribution in [2.45, 2.75) is 38.3 Å². The summed E-state index contributed by atoms with van der Waals surface area (Å²) in [7, 11) is 0. The summed E-state index contributed by atoms with van der Waals surface area (Å²) in [5.74, 6) is -0.136. The van der Waals surface area contributed by atoms with Crippen LogP contribution in [-0.4, -0.2) is 47.1 Å². The molecule has 1 aliphatic rings. The number of rotatable bonds is 3. The minimum Gasteiger partial charge on any atom is -0.391 e. The normalized spacial score (nSPS) is 22.0. The molecule has 1 fully saturated rings. The maximum atomic E-state index is 12.4. The number of hydrogen-bond acceptors (Lipinski definition) is 3. The fourth-order valence-corrected chi connectivity index (χ4v) is 2.78. The predicted molar refractivity (Wildman–Crippen MR) is 84.6 cm³/mol. The number of aliphatic hydroxyl groups is 1. The minimum atomic E-state index is -0.614. The van der Waals surface area contributed by atoms with Crippen molar-refractivity contribution in [3.05, 3.63) is 34.9 Å². The number of halogens is 1. The van der Waals surface area contributed by atoms with Crippen molar-refractivity contribution in [1.29, 1.82) is 0 Å². The van der Waals surface area contributed by atoms with Crippen molar-refractivity contribution < 1.29 is 14.7 Å². The molecule has 2 atom stereocenters. The smallest absolute Gasteiger partial charge is 0.226 e. The summed E-state index contributed by atoms with van der Waals surface area (Å²) in [6.45, 7) is 2.47. The van der Waals surface area contributed by atoms with Crippen LogP contribution in [0, 0.1) is 0 Å². The van der Waals surface area contributed by atoms with Gasteiger partial charge in [0.25, 0.3) is 0 Å². The van der Waals surface area contributed by atoms with E-state index in [1.165, 1.54) is 6.92 Å². The summed E-state index contributed by atoms with van der Waals surface area (Å²) in [6, 6.07) is 6.93. The lowest BCUT2D eigenvalue weighted by atomic mass is 10.1.